The molecule has 2 aliphatic rings. The highest BCUT2D eigenvalue weighted by molar-refractivity contribution is 5.78. The van der Waals surface area contributed by atoms with E-state index >= 15 is 0 Å². The van der Waals surface area contributed by atoms with Gasteiger partial charge in [0.1, 0.15) is 5.54 Å². The average molecular weight is 296 g/mol. The van der Waals surface area contributed by atoms with Crippen molar-refractivity contribution >= 4 is 5.97 Å². The van der Waals surface area contributed by atoms with E-state index in [1.54, 1.807) is 0 Å². The Kier molecular flexibility index (Phi) is 5.67. The van der Waals surface area contributed by atoms with Crippen molar-refractivity contribution in [2.24, 2.45) is 5.41 Å². The van der Waals surface area contributed by atoms with E-state index in [-0.39, 0.29) is 0 Å². The molecule has 2 fully saturated rings. The van der Waals surface area contributed by atoms with E-state index in [4.69, 9.17) is 0 Å². The quantitative estimate of drug-likeness (QED) is 0.791. The van der Waals surface area contributed by atoms with Gasteiger partial charge in [0, 0.05) is 6.54 Å². The maximum absolute atomic E-state index is 11.6. The lowest BCUT2D eigenvalue weighted by Crippen LogP contribution is -2.58. The van der Waals surface area contributed by atoms with Crippen LogP contribution >= 0.6 is 0 Å². The molecule has 122 valence electrons. The molecule has 4 nitrogen and oxygen atoms in total. The summed E-state index contributed by atoms with van der Waals surface area (Å²) in [4.78, 5) is 14.0. The van der Waals surface area contributed by atoms with Gasteiger partial charge in [-0.25, -0.2) is 0 Å². The monoisotopic (exact) mass is 296 g/mol. The van der Waals surface area contributed by atoms with Crippen LogP contribution in [-0.2, 0) is 4.79 Å². The Hall–Kier alpha value is -0.610. The number of carboxylic acid groups (broad SMARTS) is 1. The number of carbonyl (C=O) groups is 1. The van der Waals surface area contributed by atoms with Gasteiger partial charge in [-0.3, -0.25) is 4.79 Å². The summed E-state index contributed by atoms with van der Waals surface area (Å²) in [6.07, 6.45) is 10.5. The van der Waals surface area contributed by atoms with Crippen molar-refractivity contribution in [2.75, 3.05) is 26.2 Å². The molecular weight excluding hydrogens is 264 g/mol. The summed E-state index contributed by atoms with van der Waals surface area (Å²) in [6.45, 7) is 7.42. The molecular formula is C17H32N2O2. The average Bonchev–Trinajstić information content (AvgIpc) is 2.49. The molecule has 1 aliphatic heterocycles. The number of carboxylic acids is 1. The van der Waals surface area contributed by atoms with Crippen molar-refractivity contribution in [3.8, 4) is 0 Å². The Labute approximate surface area is 129 Å². The lowest BCUT2D eigenvalue weighted by Gasteiger charge is -2.45. The van der Waals surface area contributed by atoms with Crippen molar-refractivity contribution in [3.63, 3.8) is 0 Å². The number of hydrogen-bond donors (Lipinski definition) is 2. The van der Waals surface area contributed by atoms with Gasteiger partial charge < -0.3 is 15.3 Å². The predicted octanol–water partition coefficient (Wildman–Crippen LogP) is 2.88. The van der Waals surface area contributed by atoms with Crippen molar-refractivity contribution in [2.45, 2.75) is 70.8 Å². The molecule has 0 radical (unpaired) electrons. The molecule has 0 amide bonds. The van der Waals surface area contributed by atoms with E-state index in [2.05, 4.69) is 17.1 Å². The molecule has 4 heteroatoms. The first-order valence-electron chi connectivity index (χ1n) is 8.70. The van der Waals surface area contributed by atoms with Crippen LogP contribution in [0.3, 0.4) is 0 Å². The van der Waals surface area contributed by atoms with Gasteiger partial charge in [0.15, 0.2) is 0 Å². The fourth-order valence-corrected chi connectivity index (χ4v) is 4.03. The van der Waals surface area contributed by atoms with Crippen LogP contribution in [0.5, 0.6) is 0 Å². The molecule has 0 aromatic heterocycles. The fourth-order valence-electron chi connectivity index (χ4n) is 4.03. The molecule has 2 rings (SSSR count). The first-order valence-corrected chi connectivity index (χ1v) is 8.70. The number of piperidine rings is 1. The van der Waals surface area contributed by atoms with Crippen LogP contribution in [0.2, 0.25) is 0 Å². The predicted molar refractivity (Wildman–Crippen MR) is 85.5 cm³/mol. The normalized spacial score (nSPS) is 25.6. The highest BCUT2D eigenvalue weighted by atomic mass is 16.4. The van der Waals surface area contributed by atoms with Crippen LogP contribution in [0.4, 0.5) is 0 Å². The minimum atomic E-state index is -0.812. The zero-order chi connectivity index (χ0) is 15.3. The van der Waals surface area contributed by atoms with E-state index in [0.29, 0.717) is 12.0 Å². The second kappa shape index (κ2) is 7.10. The highest BCUT2D eigenvalue weighted by Gasteiger charge is 2.39. The molecule has 1 atom stereocenters. The Morgan fingerprint density at radius 3 is 2.33 bits per heavy atom. The van der Waals surface area contributed by atoms with Gasteiger partial charge in [-0.15, -0.1) is 0 Å². The van der Waals surface area contributed by atoms with Gasteiger partial charge >= 0.3 is 5.97 Å². The van der Waals surface area contributed by atoms with Crippen molar-refractivity contribution < 1.29 is 9.90 Å². The number of aliphatic carboxylic acids is 1. The number of nitrogens with zero attached hydrogens (tertiary/aromatic N) is 1. The van der Waals surface area contributed by atoms with Crippen molar-refractivity contribution in [1.29, 1.82) is 0 Å². The fraction of sp³-hybridized carbons (Fsp3) is 0.941. The maximum Gasteiger partial charge on any atom is 0.324 e. The lowest BCUT2D eigenvalue weighted by molar-refractivity contribution is -0.145. The first-order chi connectivity index (χ1) is 10.00. The first kappa shape index (κ1) is 16.8. The van der Waals surface area contributed by atoms with E-state index < -0.39 is 11.5 Å². The van der Waals surface area contributed by atoms with Crippen LogP contribution in [0.1, 0.15) is 65.2 Å². The second-order valence-electron chi connectivity index (χ2n) is 7.40. The standard InChI is InChI=1S/C17H32N2O2/c1-3-11-18-16(2,15(20)21)14-19-12-9-17(10-13-19)7-5-4-6-8-17/h18H,3-14H2,1-2H3,(H,20,21). The van der Waals surface area contributed by atoms with Crippen molar-refractivity contribution in [3.05, 3.63) is 0 Å². The van der Waals surface area contributed by atoms with Crippen molar-refractivity contribution in [1.82, 2.24) is 10.2 Å². The molecule has 1 unspecified atom stereocenters. The molecule has 1 spiro atoms. The molecule has 1 saturated carbocycles. The Morgan fingerprint density at radius 1 is 1.19 bits per heavy atom. The van der Waals surface area contributed by atoms with Gasteiger partial charge in [0.2, 0.25) is 0 Å². The van der Waals surface area contributed by atoms with Gasteiger partial charge in [0.05, 0.1) is 0 Å². The Balaban J connectivity index is 1.87. The van der Waals surface area contributed by atoms with E-state index in [0.717, 1.165) is 26.1 Å². The molecule has 21 heavy (non-hydrogen) atoms. The third-order valence-corrected chi connectivity index (χ3v) is 5.61. The summed E-state index contributed by atoms with van der Waals surface area (Å²) in [5.74, 6) is -0.728. The number of rotatable bonds is 6. The van der Waals surface area contributed by atoms with Crippen LogP contribution < -0.4 is 5.32 Å². The third-order valence-electron chi connectivity index (χ3n) is 5.61. The van der Waals surface area contributed by atoms with E-state index in [1.807, 2.05) is 6.92 Å². The van der Waals surface area contributed by atoms with Crippen LogP contribution in [0.25, 0.3) is 0 Å². The SMILES string of the molecule is CCCNC(C)(CN1CCC2(CCCCC2)CC1)C(=O)O. The molecule has 1 aliphatic carbocycles. The number of likely N-dealkylation sites (tertiary alicyclic amines) is 1. The van der Waals surface area contributed by atoms with Crippen LogP contribution in [0.15, 0.2) is 0 Å². The molecule has 1 saturated heterocycles. The molecule has 1 heterocycles. The van der Waals surface area contributed by atoms with E-state index in [1.165, 1.54) is 44.9 Å². The van der Waals surface area contributed by atoms with Gasteiger partial charge in [0.25, 0.3) is 0 Å². The van der Waals surface area contributed by atoms with Gasteiger partial charge in [-0.2, -0.15) is 0 Å². The smallest absolute Gasteiger partial charge is 0.324 e. The zero-order valence-electron chi connectivity index (χ0n) is 13.8. The number of hydrogen-bond acceptors (Lipinski definition) is 3. The summed E-state index contributed by atoms with van der Waals surface area (Å²) < 4.78 is 0. The lowest BCUT2D eigenvalue weighted by atomic mass is 9.68. The maximum atomic E-state index is 11.6. The number of nitrogens with one attached hydrogen (secondary N) is 1. The molecule has 0 aromatic rings. The van der Waals surface area contributed by atoms with Crippen LogP contribution in [-0.4, -0.2) is 47.7 Å². The molecule has 0 aromatic carbocycles. The summed E-state index contributed by atoms with van der Waals surface area (Å²) in [7, 11) is 0. The third kappa shape index (κ3) is 4.19. The molecule has 0 bridgehead atoms. The van der Waals surface area contributed by atoms with E-state index in [9.17, 15) is 9.90 Å². The Bertz CT molecular complexity index is 343. The largest absolute Gasteiger partial charge is 0.480 e. The minimum Gasteiger partial charge on any atom is -0.480 e. The second-order valence-corrected chi connectivity index (χ2v) is 7.40. The minimum absolute atomic E-state index is 0.589. The van der Waals surface area contributed by atoms with Gasteiger partial charge in [-0.05, 0) is 64.1 Å². The summed E-state index contributed by atoms with van der Waals surface area (Å²) >= 11 is 0. The topological polar surface area (TPSA) is 52.6 Å². The Morgan fingerprint density at radius 2 is 1.81 bits per heavy atom. The zero-order valence-corrected chi connectivity index (χ0v) is 13.8. The van der Waals surface area contributed by atoms with Gasteiger partial charge in [-0.1, -0.05) is 26.2 Å². The summed E-state index contributed by atoms with van der Waals surface area (Å²) in [6, 6.07) is 0. The highest BCUT2D eigenvalue weighted by Crippen LogP contribution is 2.44. The summed E-state index contributed by atoms with van der Waals surface area (Å²) in [5, 5.41) is 12.8. The molecule has 2 N–H and O–H groups in total. The summed E-state index contributed by atoms with van der Waals surface area (Å²) in [5.41, 5.74) is -0.224. The van der Waals surface area contributed by atoms with Crippen LogP contribution in [0, 0.1) is 5.41 Å².